The third-order valence-corrected chi connectivity index (χ3v) is 3.18. The number of rotatable bonds is 4. The second-order valence-corrected chi connectivity index (χ2v) is 4.92. The summed E-state index contributed by atoms with van der Waals surface area (Å²) in [5, 5.41) is 4.11. The van der Waals surface area contributed by atoms with Crippen LogP contribution in [0.4, 0.5) is 4.39 Å². The number of hydrogen-bond acceptors (Lipinski definition) is 2. The standard InChI is InChI=1S/C14H18FN3/c1-14(16,12-5-3-4-6-13(12)15)8-7-11-9-17-18(2)10-11/h3-6,9-10H,7-8,16H2,1-2H3. The molecule has 96 valence electrons. The highest BCUT2D eigenvalue weighted by molar-refractivity contribution is 5.25. The molecule has 18 heavy (non-hydrogen) atoms. The molecule has 1 heterocycles. The van der Waals surface area contributed by atoms with E-state index in [4.69, 9.17) is 5.73 Å². The van der Waals surface area contributed by atoms with Crippen molar-refractivity contribution < 1.29 is 4.39 Å². The molecule has 3 nitrogen and oxygen atoms in total. The van der Waals surface area contributed by atoms with Gasteiger partial charge in [-0.05, 0) is 31.4 Å². The van der Waals surface area contributed by atoms with E-state index in [0.29, 0.717) is 12.0 Å². The third-order valence-electron chi connectivity index (χ3n) is 3.18. The molecule has 0 aliphatic carbocycles. The Morgan fingerprint density at radius 1 is 1.39 bits per heavy atom. The predicted molar refractivity (Wildman–Crippen MR) is 69.5 cm³/mol. The van der Waals surface area contributed by atoms with Crippen molar-refractivity contribution in [3.05, 3.63) is 53.6 Å². The molecule has 0 aliphatic heterocycles. The van der Waals surface area contributed by atoms with Crippen LogP contribution in [0, 0.1) is 5.82 Å². The van der Waals surface area contributed by atoms with Gasteiger partial charge in [0.25, 0.3) is 0 Å². The predicted octanol–water partition coefficient (Wildman–Crippen LogP) is 2.37. The lowest BCUT2D eigenvalue weighted by molar-refractivity contribution is 0.427. The van der Waals surface area contributed by atoms with Crippen molar-refractivity contribution in [3.63, 3.8) is 0 Å². The summed E-state index contributed by atoms with van der Waals surface area (Å²) in [5.74, 6) is -0.242. The van der Waals surface area contributed by atoms with Gasteiger partial charge in [-0.25, -0.2) is 4.39 Å². The Hall–Kier alpha value is -1.68. The van der Waals surface area contributed by atoms with Crippen molar-refractivity contribution >= 4 is 0 Å². The van der Waals surface area contributed by atoms with Gasteiger partial charge >= 0.3 is 0 Å². The van der Waals surface area contributed by atoms with Gasteiger partial charge in [-0.2, -0.15) is 5.10 Å². The molecule has 1 aromatic heterocycles. The number of aryl methyl sites for hydroxylation is 2. The Balaban J connectivity index is 2.10. The lowest BCUT2D eigenvalue weighted by Crippen LogP contribution is -2.34. The van der Waals surface area contributed by atoms with Crippen LogP contribution >= 0.6 is 0 Å². The van der Waals surface area contributed by atoms with E-state index in [-0.39, 0.29) is 5.82 Å². The molecule has 0 spiro atoms. The van der Waals surface area contributed by atoms with Crippen LogP contribution in [0.1, 0.15) is 24.5 Å². The quantitative estimate of drug-likeness (QED) is 0.901. The van der Waals surface area contributed by atoms with Crippen LogP contribution in [0.2, 0.25) is 0 Å². The lowest BCUT2D eigenvalue weighted by atomic mass is 9.87. The second kappa shape index (κ2) is 4.90. The highest BCUT2D eigenvalue weighted by Gasteiger charge is 2.24. The van der Waals surface area contributed by atoms with Crippen LogP contribution in [0.15, 0.2) is 36.7 Å². The van der Waals surface area contributed by atoms with Crippen LogP contribution < -0.4 is 5.73 Å². The van der Waals surface area contributed by atoms with Crippen LogP contribution in [-0.4, -0.2) is 9.78 Å². The summed E-state index contributed by atoms with van der Waals surface area (Å²) >= 11 is 0. The summed E-state index contributed by atoms with van der Waals surface area (Å²) in [4.78, 5) is 0. The first-order chi connectivity index (χ1) is 8.49. The van der Waals surface area contributed by atoms with E-state index in [9.17, 15) is 4.39 Å². The number of halogens is 1. The zero-order chi connectivity index (χ0) is 13.2. The summed E-state index contributed by atoms with van der Waals surface area (Å²) in [6.45, 7) is 1.86. The SMILES string of the molecule is Cn1cc(CCC(C)(N)c2ccccc2F)cn1. The fraction of sp³-hybridized carbons (Fsp3) is 0.357. The topological polar surface area (TPSA) is 43.8 Å². The molecule has 0 saturated heterocycles. The number of hydrogen-bond donors (Lipinski definition) is 1. The van der Waals surface area contributed by atoms with Crippen molar-refractivity contribution in [3.8, 4) is 0 Å². The number of benzene rings is 1. The van der Waals surface area contributed by atoms with Crippen LogP contribution in [0.5, 0.6) is 0 Å². The van der Waals surface area contributed by atoms with E-state index in [1.807, 2.05) is 32.4 Å². The Bertz CT molecular complexity index is 531. The van der Waals surface area contributed by atoms with Gasteiger partial charge in [-0.15, -0.1) is 0 Å². The largest absolute Gasteiger partial charge is 0.322 e. The van der Waals surface area contributed by atoms with E-state index in [1.165, 1.54) is 6.07 Å². The number of aromatic nitrogens is 2. The molecule has 1 aromatic carbocycles. The maximum atomic E-state index is 13.7. The van der Waals surface area contributed by atoms with E-state index in [2.05, 4.69) is 5.10 Å². The average Bonchev–Trinajstić information content (AvgIpc) is 2.73. The van der Waals surface area contributed by atoms with E-state index in [0.717, 1.165) is 12.0 Å². The van der Waals surface area contributed by atoms with Gasteiger partial charge in [0.05, 0.1) is 6.20 Å². The Morgan fingerprint density at radius 2 is 2.11 bits per heavy atom. The molecular weight excluding hydrogens is 229 g/mol. The monoisotopic (exact) mass is 247 g/mol. The van der Waals surface area contributed by atoms with Crippen molar-refractivity contribution in [2.45, 2.75) is 25.3 Å². The summed E-state index contributed by atoms with van der Waals surface area (Å²) in [7, 11) is 1.88. The van der Waals surface area contributed by atoms with Crippen LogP contribution in [0.25, 0.3) is 0 Å². The molecule has 2 aromatic rings. The minimum absolute atomic E-state index is 0.242. The summed E-state index contributed by atoms with van der Waals surface area (Å²) in [5.41, 5.74) is 7.24. The van der Waals surface area contributed by atoms with Crippen molar-refractivity contribution in [2.24, 2.45) is 12.8 Å². The van der Waals surface area contributed by atoms with Crippen molar-refractivity contribution in [1.29, 1.82) is 0 Å². The first-order valence-corrected chi connectivity index (χ1v) is 6.00. The number of nitrogens with zero attached hydrogens (tertiary/aromatic N) is 2. The molecule has 2 rings (SSSR count). The third kappa shape index (κ3) is 2.76. The molecule has 0 radical (unpaired) electrons. The molecule has 0 fully saturated rings. The van der Waals surface area contributed by atoms with Gasteiger partial charge in [-0.3, -0.25) is 4.68 Å². The first-order valence-electron chi connectivity index (χ1n) is 6.00. The minimum atomic E-state index is -0.665. The molecule has 0 amide bonds. The fourth-order valence-electron chi connectivity index (χ4n) is 2.06. The highest BCUT2D eigenvalue weighted by Crippen LogP contribution is 2.25. The summed E-state index contributed by atoms with van der Waals surface area (Å²) in [6.07, 6.45) is 5.24. The van der Waals surface area contributed by atoms with Gasteiger partial charge in [0.2, 0.25) is 0 Å². The average molecular weight is 247 g/mol. The highest BCUT2D eigenvalue weighted by atomic mass is 19.1. The molecule has 1 unspecified atom stereocenters. The smallest absolute Gasteiger partial charge is 0.128 e. The normalized spacial score (nSPS) is 14.4. The van der Waals surface area contributed by atoms with Crippen molar-refractivity contribution in [1.82, 2.24) is 9.78 Å². The Kier molecular flexibility index (Phi) is 3.48. The molecule has 4 heteroatoms. The second-order valence-electron chi connectivity index (χ2n) is 4.92. The Morgan fingerprint density at radius 3 is 2.72 bits per heavy atom. The maximum Gasteiger partial charge on any atom is 0.128 e. The van der Waals surface area contributed by atoms with Gasteiger partial charge < -0.3 is 5.73 Å². The van der Waals surface area contributed by atoms with Crippen LogP contribution in [-0.2, 0) is 19.0 Å². The fourth-order valence-corrected chi connectivity index (χ4v) is 2.06. The van der Waals surface area contributed by atoms with Gasteiger partial charge in [0.15, 0.2) is 0 Å². The molecule has 1 atom stereocenters. The van der Waals surface area contributed by atoms with Crippen LogP contribution in [0.3, 0.4) is 0 Å². The van der Waals surface area contributed by atoms with E-state index < -0.39 is 5.54 Å². The minimum Gasteiger partial charge on any atom is -0.322 e. The molecular formula is C14H18FN3. The van der Waals surface area contributed by atoms with Gasteiger partial charge in [0.1, 0.15) is 5.82 Å². The lowest BCUT2D eigenvalue weighted by Gasteiger charge is -2.25. The molecule has 0 bridgehead atoms. The van der Waals surface area contributed by atoms with Gasteiger partial charge in [0, 0.05) is 24.3 Å². The molecule has 0 aliphatic rings. The molecule has 0 saturated carbocycles. The zero-order valence-corrected chi connectivity index (χ0v) is 10.7. The van der Waals surface area contributed by atoms with E-state index >= 15 is 0 Å². The Labute approximate surface area is 106 Å². The zero-order valence-electron chi connectivity index (χ0n) is 10.7. The first kappa shape index (κ1) is 12.8. The van der Waals surface area contributed by atoms with Gasteiger partial charge in [-0.1, -0.05) is 18.2 Å². The summed E-state index contributed by atoms with van der Waals surface area (Å²) < 4.78 is 15.5. The maximum absolute atomic E-state index is 13.7. The van der Waals surface area contributed by atoms with E-state index in [1.54, 1.807) is 16.8 Å². The van der Waals surface area contributed by atoms with Crippen molar-refractivity contribution in [2.75, 3.05) is 0 Å². The summed E-state index contributed by atoms with van der Waals surface area (Å²) in [6, 6.07) is 6.69. The number of nitrogens with two attached hydrogens (primary N) is 1. The molecule has 2 N–H and O–H groups in total.